The van der Waals surface area contributed by atoms with Crippen LogP contribution < -0.4 is 4.72 Å². The fourth-order valence-corrected chi connectivity index (χ4v) is 7.84. The number of alkyl halides is 6. The number of aromatic nitrogens is 2. The molecule has 0 unspecified atom stereocenters. The Balaban J connectivity index is 0.000000226. The number of carbonyl (C=O) groups is 2. The summed E-state index contributed by atoms with van der Waals surface area (Å²) < 4.78 is 127. The average Bonchev–Trinajstić information content (AvgIpc) is 3.56. The molecule has 0 aliphatic carbocycles. The highest BCUT2D eigenvalue weighted by molar-refractivity contribution is 8.13. The van der Waals surface area contributed by atoms with Crippen LogP contribution in [0.25, 0.3) is 0 Å². The molecule has 3 heterocycles. The van der Waals surface area contributed by atoms with E-state index >= 15 is 0 Å². The maximum atomic E-state index is 12.5. The summed E-state index contributed by atoms with van der Waals surface area (Å²) in [6.07, 6.45) is -6.90. The van der Waals surface area contributed by atoms with Gasteiger partial charge in [0.2, 0.25) is 5.13 Å². The van der Waals surface area contributed by atoms with Crippen molar-refractivity contribution in [1.82, 2.24) is 19.2 Å². The fourth-order valence-electron chi connectivity index (χ4n) is 5.40. The molecule has 0 atom stereocenters. The molecule has 0 saturated carbocycles. The summed E-state index contributed by atoms with van der Waals surface area (Å²) in [4.78, 5) is 27.8. The highest BCUT2D eigenvalue weighted by atomic mass is 35.7. The van der Waals surface area contributed by atoms with Crippen molar-refractivity contribution in [1.29, 1.82) is 0 Å². The summed E-state index contributed by atoms with van der Waals surface area (Å²) in [7, 11) is -2.36. The summed E-state index contributed by atoms with van der Waals surface area (Å²) in [6.45, 7) is 0.0838. The minimum Gasteiger partial charge on any atom is -0.335 e. The third-order valence-electron chi connectivity index (χ3n) is 7.93. The van der Waals surface area contributed by atoms with Crippen LogP contribution in [0.2, 0.25) is 0 Å². The van der Waals surface area contributed by atoms with Crippen molar-refractivity contribution in [2.24, 2.45) is 0 Å². The lowest BCUT2D eigenvalue weighted by Crippen LogP contribution is -2.45. The van der Waals surface area contributed by atoms with Gasteiger partial charge in [-0.05, 0) is 72.9 Å². The zero-order valence-corrected chi connectivity index (χ0v) is 28.3. The summed E-state index contributed by atoms with van der Waals surface area (Å²) in [5.74, 6) is -3.67. The third-order valence-corrected chi connectivity index (χ3v) is 11.4. The molecule has 2 fully saturated rings. The van der Waals surface area contributed by atoms with Gasteiger partial charge in [-0.2, -0.15) is 30.7 Å². The number of nitrogens with zero attached hydrogens (tertiary/aromatic N) is 4. The van der Waals surface area contributed by atoms with Gasteiger partial charge in [-0.25, -0.2) is 21.8 Å². The van der Waals surface area contributed by atoms with Crippen molar-refractivity contribution >= 4 is 58.2 Å². The number of nitrogens with one attached hydrogen (secondary N) is 1. The van der Waals surface area contributed by atoms with E-state index in [-0.39, 0.29) is 52.9 Å². The van der Waals surface area contributed by atoms with Gasteiger partial charge in [0.25, 0.3) is 19.1 Å². The van der Waals surface area contributed by atoms with Crippen LogP contribution in [0.4, 0.5) is 31.5 Å². The Morgan fingerprint density at radius 1 is 0.714 bits per heavy atom. The Bertz CT molecular complexity index is 1810. The molecule has 2 aliphatic rings. The molecule has 49 heavy (non-hydrogen) atoms. The number of piperidine rings is 2. The first kappa shape index (κ1) is 38.3. The molecule has 268 valence electrons. The van der Waals surface area contributed by atoms with E-state index in [2.05, 4.69) is 14.1 Å². The van der Waals surface area contributed by atoms with Gasteiger partial charge in [0.05, 0.1) is 9.79 Å². The predicted octanol–water partition coefficient (Wildman–Crippen LogP) is 5.49. The average molecular weight is 776 g/mol. The van der Waals surface area contributed by atoms with E-state index in [1.54, 1.807) is 24.3 Å². The van der Waals surface area contributed by atoms with Crippen molar-refractivity contribution in [3.63, 3.8) is 0 Å². The van der Waals surface area contributed by atoms with Gasteiger partial charge >= 0.3 is 24.2 Å². The number of anilines is 1. The number of hydrogen-bond donors (Lipinski definition) is 1. The lowest BCUT2D eigenvalue weighted by atomic mass is 9.89. The minimum absolute atomic E-state index is 0.00985. The van der Waals surface area contributed by atoms with Crippen LogP contribution in [0.1, 0.15) is 48.6 Å². The molecular weight excluding hydrogens is 748 g/mol. The quantitative estimate of drug-likeness (QED) is 0.256. The number of hydrogen-bond acceptors (Lipinski definition) is 9. The summed E-state index contributed by atoms with van der Waals surface area (Å²) in [6, 6.07) is 12.1. The first-order chi connectivity index (χ1) is 22.8. The third kappa shape index (κ3) is 10.3. The molecule has 5 rings (SSSR count). The highest BCUT2D eigenvalue weighted by Gasteiger charge is 2.44. The Morgan fingerprint density at radius 2 is 1.10 bits per heavy atom. The van der Waals surface area contributed by atoms with Crippen LogP contribution >= 0.6 is 22.2 Å². The predicted molar refractivity (Wildman–Crippen MR) is 166 cm³/mol. The van der Waals surface area contributed by atoms with E-state index in [4.69, 9.17) is 10.7 Å². The van der Waals surface area contributed by atoms with Gasteiger partial charge in [-0.15, -0.1) is 0 Å². The second-order valence-corrected chi connectivity index (χ2v) is 16.1. The molecule has 21 heteroatoms. The Kier molecular flexibility index (Phi) is 11.9. The van der Waals surface area contributed by atoms with Gasteiger partial charge in [0.15, 0.2) is 0 Å². The zero-order chi connectivity index (χ0) is 36.2. The van der Waals surface area contributed by atoms with E-state index in [0.29, 0.717) is 25.7 Å². The van der Waals surface area contributed by atoms with Crippen molar-refractivity contribution in [2.75, 3.05) is 30.9 Å². The lowest BCUT2D eigenvalue weighted by molar-refractivity contribution is -0.186. The monoisotopic (exact) mass is 775 g/mol. The number of rotatable bonds is 6. The van der Waals surface area contributed by atoms with Crippen LogP contribution in [-0.4, -0.2) is 86.3 Å². The number of sulfonamides is 1. The maximum Gasteiger partial charge on any atom is 0.471 e. The fraction of sp³-hybridized carbons (Fsp3) is 0.429. The Labute approximate surface area is 285 Å². The summed E-state index contributed by atoms with van der Waals surface area (Å²) in [5, 5.41) is 0.154. The van der Waals surface area contributed by atoms with E-state index in [1.807, 2.05) is 0 Å². The largest absolute Gasteiger partial charge is 0.471 e. The standard InChI is InChI=1S/C15H15F3N4O3S2.C13H13ClF3NO3S/c16-15(17,18)13(23)22-7-5-11(6-8-22)10-1-3-12(4-2-10)27(24,25)21-14-19-9-20-26-14;14-22(20,21)11-3-1-9(2-4-11)10-5-7-18(8-6-10)12(19)13(15,16)17/h1-4,9,11H,5-8H2,(H,19,20,21);1-4,10H,5-8H2. The molecular formula is C28H28ClF6N5O6S3. The number of halogens is 7. The topological polar surface area (TPSA) is 147 Å². The molecule has 3 aromatic rings. The summed E-state index contributed by atoms with van der Waals surface area (Å²) >= 11 is 0.911. The zero-order valence-electron chi connectivity index (χ0n) is 25.1. The van der Waals surface area contributed by atoms with Gasteiger partial charge in [-0.1, -0.05) is 24.3 Å². The first-order valence-electron chi connectivity index (χ1n) is 14.4. The van der Waals surface area contributed by atoms with Crippen molar-refractivity contribution in [3.8, 4) is 0 Å². The molecule has 0 spiro atoms. The van der Waals surface area contributed by atoms with Gasteiger partial charge in [0, 0.05) is 48.4 Å². The van der Waals surface area contributed by atoms with E-state index in [0.717, 1.165) is 32.5 Å². The van der Waals surface area contributed by atoms with E-state index in [1.165, 1.54) is 30.6 Å². The van der Waals surface area contributed by atoms with Crippen molar-refractivity contribution < 1.29 is 52.8 Å². The van der Waals surface area contributed by atoms with Gasteiger partial charge < -0.3 is 9.80 Å². The molecule has 2 aliphatic heterocycles. The molecule has 1 aromatic heterocycles. The SMILES string of the molecule is O=C(N1CCC(c2ccc(S(=O)(=O)Cl)cc2)CC1)C(F)(F)F.O=C(N1CCC(c2ccc(S(=O)(=O)Nc3ncns3)cc2)CC1)C(F)(F)F. The molecule has 2 amide bonds. The van der Waals surface area contributed by atoms with Crippen LogP contribution in [0.3, 0.4) is 0 Å². The molecule has 0 bridgehead atoms. The van der Waals surface area contributed by atoms with Gasteiger partial charge in [-0.3, -0.25) is 14.3 Å². The first-order valence-corrected chi connectivity index (χ1v) is 19.0. The Hall–Kier alpha value is -3.49. The van der Waals surface area contributed by atoms with Crippen molar-refractivity contribution in [3.05, 3.63) is 66.0 Å². The number of likely N-dealkylation sites (tertiary alicyclic amines) is 2. The van der Waals surface area contributed by atoms with E-state index < -0.39 is 43.2 Å². The number of carbonyl (C=O) groups excluding carboxylic acids is 2. The summed E-state index contributed by atoms with van der Waals surface area (Å²) in [5.41, 5.74) is 1.65. The van der Waals surface area contributed by atoms with Crippen LogP contribution in [0.5, 0.6) is 0 Å². The van der Waals surface area contributed by atoms with Gasteiger partial charge in [0.1, 0.15) is 6.33 Å². The van der Waals surface area contributed by atoms with Crippen LogP contribution in [0.15, 0.2) is 64.6 Å². The smallest absolute Gasteiger partial charge is 0.335 e. The van der Waals surface area contributed by atoms with E-state index in [9.17, 15) is 52.8 Å². The van der Waals surface area contributed by atoms with Crippen LogP contribution in [-0.2, 0) is 28.7 Å². The van der Waals surface area contributed by atoms with Crippen molar-refractivity contribution in [2.45, 2.75) is 59.7 Å². The normalized spacial score (nSPS) is 16.9. The maximum absolute atomic E-state index is 12.5. The number of benzene rings is 2. The molecule has 2 saturated heterocycles. The minimum atomic E-state index is -4.86. The molecule has 11 nitrogen and oxygen atoms in total. The second kappa shape index (κ2) is 15.2. The Morgan fingerprint density at radius 3 is 1.43 bits per heavy atom. The molecule has 1 N–H and O–H groups in total. The van der Waals surface area contributed by atoms with Crippen LogP contribution in [0, 0.1) is 0 Å². The lowest BCUT2D eigenvalue weighted by Gasteiger charge is -2.32. The highest BCUT2D eigenvalue weighted by Crippen LogP contribution is 2.32. The number of amides is 2. The molecule has 2 aromatic carbocycles. The molecule has 0 radical (unpaired) electrons. The second-order valence-electron chi connectivity index (χ2n) is 11.1.